The molecule has 1 aliphatic carbocycles. The van der Waals surface area contributed by atoms with E-state index in [4.69, 9.17) is 5.73 Å². The molecule has 0 spiro atoms. The van der Waals surface area contributed by atoms with Gasteiger partial charge in [-0.25, -0.2) is 4.98 Å². The van der Waals surface area contributed by atoms with Crippen molar-refractivity contribution in [2.75, 3.05) is 0 Å². The molecule has 5 nitrogen and oxygen atoms in total. The smallest absolute Gasteiger partial charge is 0.226 e. The number of hydrogen-bond acceptors (Lipinski definition) is 5. The highest BCUT2D eigenvalue weighted by Gasteiger charge is 2.20. The van der Waals surface area contributed by atoms with Crippen LogP contribution < -0.4 is 11.1 Å². The van der Waals surface area contributed by atoms with Crippen LogP contribution in [0.3, 0.4) is 0 Å². The Labute approximate surface area is 134 Å². The van der Waals surface area contributed by atoms with E-state index in [1.165, 1.54) is 0 Å². The van der Waals surface area contributed by atoms with Crippen molar-refractivity contribution in [3.63, 3.8) is 0 Å². The average molecular weight is 316 g/mol. The van der Waals surface area contributed by atoms with E-state index in [-0.39, 0.29) is 11.9 Å². The Hall–Kier alpha value is -1.79. The van der Waals surface area contributed by atoms with Gasteiger partial charge in [-0.3, -0.25) is 9.78 Å². The van der Waals surface area contributed by atoms with Crippen LogP contribution in [0.1, 0.15) is 31.4 Å². The van der Waals surface area contributed by atoms with Gasteiger partial charge in [0.25, 0.3) is 0 Å². The van der Waals surface area contributed by atoms with E-state index >= 15 is 0 Å². The Morgan fingerprint density at radius 3 is 2.91 bits per heavy atom. The third-order valence-electron chi connectivity index (χ3n) is 3.94. The molecule has 2 aromatic rings. The van der Waals surface area contributed by atoms with E-state index in [0.29, 0.717) is 12.5 Å². The highest BCUT2D eigenvalue weighted by atomic mass is 32.1. The third kappa shape index (κ3) is 3.90. The van der Waals surface area contributed by atoms with Crippen molar-refractivity contribution in [3.05, 3.63) is 35.6 Å². The molecule has 3 rings (SSSR count). The fourth-order valence-electron chi connectivity index (χ4n) is 2.72. The fourth-order valence-corrected chi connectivity index (χ4v) is 3.53. The molecule has 2 aromatic heterocycles. The maximum atomic E-state index is 12.1. The van der Waals surface area contributed by atoms with Crippen LogP contribution in [-0.4, -0.2) is 28.0 Å². The Bertz CT molecular complexity index is 620. The number of carbonyl (C=O) groups excluding carboxylic acids is 1. The van der Waals surface area contributed by atoms with Crippen LogP contribution in [0.5, 0.6) is 0 Å². The van der Waals surface area contributed by atoms with Crippen LogP contribution in [0.15, 0.2) is 29.9 Å². The lowest BCUT2D eigenvalue weighted by Crippen LogP contribution is -2.41. The lowest BCUT2D eigenvalue weighted by Gasteiger charge is -2.26. The lowest BCUT2D eigenvalue weighted by molar-refractivity contribution is -0.121. The number of nitrogens with one attached hydrogen (secondary N) is 1. The van der Waals surface area contributed by atoms with Crippen LogP contribution in [0.4, 0.5) is 0 Å². The number of amides is 1. The molecule has 1 fully saturated rings. The van der Waals surface area contributed by atoms with E-state index < -0.39 is 0 Å². The highest BCUT2D eigenvalue weighted by Crippen LogP contribution is 2.23. The zero-order valence-corrected chi connectivity index (χ0v) is 13.2. The number of nitrogens with zero attached hydrogens (tertiary/aromatic N) is 2. The summed E-state index contributed by atoms with van der Waals surface area (Å²) in [4.78, 5) is 20.7. The van der Waals surface area contributed by atoms with E-state index in [0.717, 1.165) is 41.9 Å². The molecule has 0 aliphatic heterocycles. The monoisotopic (exact) mass is 316 g/mol. The van der Waals surface area contributed by atoms with E-state index in [9.17, 15) is 4.79 Å². The first kappa shape index (κ1) is 15.1. The largest absolute Gasteiger partial charge is 0.353 e. The molecular formula is C16H20N4OS. The summed E-state index contributed by atoms with van der Waals surface area (Å²) in [6.07, 6.45) is 7.80. The Balaban J connectivity index is 1.55. The van der Waals surface area contributed by atoms with Crippen molar-refractivity contribution >= 4 is 17.2 Å². The van der Waals surface area contributed by atoms with E-state index in [1.807, 2.05) is 17.5 Å². The molecular weight excluding hydrogens is 296 g/mol. The van der Waals surface area contributed by atoms with Crippen LogP contribution in [0.25, 0.3) is 10.6 Å². The third-order valence-corrected chi connectivity index (χ3v) is 4.88. The Kier molecular flexibility index (Phi) is 4.80. The summed E-state index contributed by atoms with van der Waals surface area (Å²) in [7, 11) is 0. The topological polar surface area (TPSA) is 80.9 Å². The Morgan fingerprint density at radius 2 is 2.18 bits per heavy atom. The second-order valence-electron chi connectivity index (χ2n) is 5.74. The van der Waals surface area contributed by atoms with Gasteiger partial charge < -0.3 is 11.1 Å². The summed E-state index contributed by atoms with van der Waals surface area (Å²) in [5.74, 6) is 0.0449. The molecule has 0 bridgehead atoms. The minimum absolute atomic E-state index is 0.0449. The van der Waals surface area contributed by atoms with Gasteiger partial charge in [-0.2, -0.15) is 0 Å². The van der Waals surface area contributed by atoms with Gasteiger partial charge in [-0.05, 0) is 37.8 Å². The highest BCUT2D eigenvalue weighted by molar-refractivity contribution is 7.13. The molecule has 22 heavy (non-hydrogen) atoms. The zero-order chi connectivity index (χ0) is 15.4. The maximum Gasteiger partial charge on any atom is 0.226 e. The number of rotatable bonds is 4. The van der Waals surface area contributed by atoms with E-state index in [1.54, 1.807) is 23.7 Å². The standard InChI is InChI=1S/C16H20N4OS/c17-12-3-5-13(6-4-12)19-15(21)8-14-10-22-16(20-14)11-2-1-7-18-9-11/h1-2,7,9-10,12-13H,3-6,8,17H2,(H,19,21). The summed E-state index contributed by atoms with van der Waals surface area (Å²) >= 11 is 1.54. The van der Waals surface area contributed by atoms with Gasteiger partial charge in [0.05, 0.1) is 12.1 Å². The number of nitrogens with two attached hydrogens (primary N) is 1. The molecule has 2 heterocycles. The summed E-state index contributed by atoms with van der Waals surface area (Å²) in [5, 5.41) is 5.94. The van der Waals surface area contributed by atoms with Gasteiger partial charge >= 0.3 is 0 Å². The van der Waals surface area contributed by atoms with Gasteiger partial charge in [0.15, 0.2) is 0 Å². The molecule has 3 N–H and O–H groups in total. The van der Waals surface area contributed by atoms with Crippen molar-refractivity contribution in [1.29, 1.82) is 0 Å². The van der Waals surface area contributed by atoms with Crippen LogP contribution in [0.2, 0.25) is 0 Å². The molecule has 0 radical (unpaired) electrons. The number of aromatic nitrogens is 2. The minimum Gasteiger partial charge on any atom is -0.353 e. The van der Waals surface area contributed by atoms with Gasteiger partial charge in [0.1, 0.15) is 5.01 Å². The van der Waals surface area contributed by atoms with Crippen molar-refractivity contribution in [1.82, 2.24) is 15.3 Å². The van der Waals surface area contributed by atoms with Crippen LogP contribution >= 0.6 is 11.3 Å². The molecule has 0 saturated heterocycles. The van der Waals surface area contributed by atoms with Crippen LogP contribution in [0, 0.1) is 0 Å². The quantitative estimate of drug-likeness (QED) is 0.905. The number of hydrogen-bond donors (Lipinski definition) is 2. The molecule has 0 unspecified atom stereocenters. The SMILES string of the molecule is NC1CCC(NC(=O)Cc2csc(-c3cccnc3)n2)CC1. The van der Waals surface area contributed by atoms with Crippen molar-refractivity contribution < 1.29 is 4.79 Å². The maximum absolute atomic E-state index is 12.1. The molecule has 0 aromatic carbocycles. The fraction of sp³-hybridized carbons (Fsp3) is 0.438. The lowest BCUT2D eigenvalue weighted by atomic mass is 9.92. The summed E-state index contributed by atoms with van der Waals surface area (Å²) in [6.45, 7) is 0. The summed E-state index contributed by atoms with van der Waals surface area (Å²) in [5.41, 5.74) is 7.68. The second kappa shape index (κ2) is 6.98. The van der Waals surface area contributed by atoms with Crippen molar-refractivity contribution in [2.45, 2.75) is 44.2 Å². The molecule has 1 saturated carbocycles. The van der Waals surface area contributed by atoms with Gasteiger partial charge in [-0.1, -0.05) is 0 Å². The second-order valence-corrected chi connectivity index (χ2v) is 6.60. The number of carbonyl (C=O) groups is 1. The number of thiazole rings is 1. The summed E-state index contributed by atoms with van der Waals surface area (Å²) < 4.78 is 0. The van der Waals surface area contributed by atoms with Crippen LogP contribution in [-0.2, 0) is 11.2 Å². The Morgan fingerprint density at radius 1 is 1.36 bits per heavy atom. The first-order valence-corrected chi connectivity index (χ1v) is 8.48. The first-order chi connectivity index (χ1) is 10.7. The predicted molar refractivity (Wildman–Crippen MR) is 87.4 cm³/mol. The van der Waals surface area contributed by atoms with Crippen molar-refractivity contribution in [3.8, 4) is 10.6 Å². The zero-order valence-electron chi connectivity index (χ0n) is 12.4. The number of pyridine rings is 1. The summed E-state index contributed by atoms with van der Waals surface area (Å²) in [6, 6.07) is 4.43. The molecule has 116 valence electrons. The minimum atomic E-state index is 0.0449. The molecule has 1 amide bonds. The normalized spacial score (nSPS) is 21.5. The molecule has 6 heteroatoms. The van der Waals surface area contributed by atoms with Gasteiger partial charge in [0.2, 0.25) is 5.91 Å². The van der Waals surface area contributed by atoms with Gasteiger partial charge in [0, 0.05) is 35.4 Å². The van der Waals surface area contributed by atoms with Gasteiger partial charge in [-0.15, -0.1) is 11.3 Å². The van der Waals surface area contributed by atoms with Crippen molar-refractivity contribution in [2.24, 2.45) is 5.73 Å². The van der Waals surface area contributed by atoms with E-state index in [2.05, 4.69) is 15.3 Å². The predicted octanol–water partition coefficient (Wildman–Crippen LogP) is 2.13. The molecule has 0 atom stereocenters. The average Bonchev–Trinajstić information content (AvgIpc) is 2.99. The first-order valence-electron chi connectivity index (χ1n) is 7.60. The molecule has 1 aliphatic rings.